The zero-order chi connectivity index (χ0) is 8.39. The predicted octanol–water partition coefficient (Wildman–Crippen LogP) is 2.92. The van der Waals surface area contributed by atoms with Crippen molar-refractivity contribution in [1.29, 1.82) is 0 Å². The molecule has 1 aromatic heterocycles. The molecule has 12 heavy (non-hydrogen) atoms. The Morgan fingerprint density at radius 2 is 2.42 bits per heavy atom. The number of alkyl halides is 1. The zero-order valence-electron chi connectivity index (χ0n) is 6.89. The third kappa shape index (κ3) is 1.42. The first kappa shape index (κ1) is 7.59. The molecule has 1 unspecified atom stereocenters. The summed E-state index contributed by atoms with van der Waals surface area (Å²) in [7, 11) is 0. The highest BCUT2D eigenvalue weighted by molar-refractivity contribution is 5.63. The summed E-state index contributed by atoms with van der Waals surface area (Å²) >= 11 is 0. The minimum Gasteiger partial charge on any atom is -0.361 e. The number of nitrogens with one attached hydrogen (secondary N) is 1. The Kier molecular flexibility index (Phi) is 1.98. The summed E-state index contributed by atoms with van der Waals surface area (Å²) in [6.07, 6.45) is 5.39. The average Bonchev–Trinajstić information content (AvgIpc) is 2.58. The molecule has 0 spiro atoms. The molecule has 0 bridgehead atoms. The number of hydrogen-bond donors (Lipinski definition) is 1. The molecule has 0 aromatic carbocycles. The summed E-state index contributed by atoms with van der Waals surface area (Å²) in [5, 5.41) is 0. The Morgan fingerprint density at radius 3 is 3.00 bits per heavy atom. The number of rotatable bonds is 1. The van der Waals surface area contributed by atoms with Crippen molar-refractivity contribution in [2.24, 2.45) is 0 Å². The summed E-state index contributed by atoms with van der Waals surface area (Å²) in [6.45, 7) is 0. The highest BCUT2D eigenvalue weighted by atomic mass is 19.1. The fourth-order valence-corrected chi connectivity index (χ4v) is 1.58. The van der Waals surface area contributed by atoms with E-state index < -0.39 is 6.17 Å². The number of halogens is 1. The Bertz CT molecular complexity index is 274. The zero-order valence-corrected chi connectivity index (χ0v) is 6.89. The molecule has 0 radical (unpaired) electrons. The molecule has 0 aliphatic heterocycles. The maximum Gasteiger partial charge on any atom is 0.104 e. The van der Waals surface area contributed by atoms with E-state index >= 15 is 0 Å². The second kappa shape index (κ2) is 3.13. The van der Waals surface area contributed by atoms with Crippen molar-refractivity contribution in [1.82, 2.24) is 4.98 Å². The molecule has 1 N–H and O–H groups in total. The van der Waals surface area contributed by atoms with Crippen LogP contribution in [0.15, 0.2) is 24.4 Å². The molecule has 1 aliphatic rings. The van der Waals surface area contributed by atoms with Crippen molar-refractivity contribution in [2.45, 2.75) is 25.4 Å². The number of aromatic amines is 1. The van der Waals surface area contributed by atoms with Gasteiger partial charge in [0.2, 0.25) is 0 Å². The van der Waals surface area contributed by atoms with Crippen molar-refractivity contribution >= 4 is 5.57 Å². The minimum absolute atomic E-state index is 0.578. The SMILES string of the molecule is FC1CC=C(c2ccc[nH]2)CC1. The van der Waals surface area contributed by atoms with Gasteiger partial charge in [0.15, 0.2) is 0 Å². The maximum atomic E-state index is 12.7. The third-order valence-corrected chi connectivity index (χ3v) is 2.29. The Labute approximate surface area is 71.3 Å². The van der Waals surface area contributed by atoms with Gasteiger partial charge >= 0.3 is 0 Å². The highest BCUT2D eigenvalue weighted by Gasteiger charge is 2.13. The number of H-pyrrole nitrogens is 1. The van der Waals surface area contributed by atoms with Crippen molar-refractivity contribution < 1.29 is 4.39 Å². The van der Waals surface area contributed by atoms with Gasteiger partial charge in [-0.1, -0.05) is 6.08 Å². The molecule has 64 valence electrons. The van der Waals surface area contributed by atoms with E-state index in [4.69, 9.17) is 0 Å². The third-order valence-electron chi connectivity index (χ3n) is 2.29. The molecule has 0 saturated heterocycles. The summed E-state index contributed by atoms with van der Waals surface area (Å²) < 4.78 is 12.7. The smallest absolute Gasteiger partial charge is 0.104 e. The Hall–Kier alpha value is -1.05. The molecule has 2 rings (SSSR count). The maximum absolute atomic E-state index is 12.7. The fraction of sp³-hybridized carbons (Fsp3) is 0.400. The van der Waals surface area contributed by atoms with Crippen LogP contribution in [0.1, 0.15) is 25.0 Å². The van der Waals surface area contributed by atoms with E-state index in [1.807, 2.05) is 24.4 Å². The highest BCUT2D eigenvalue weighted by Crippen LogP contribution is 2.26. The van der Waals surface area contributed by atoms with Gasteiger partial charge in [-0.15, -0.1) is 0 Å². The summed E-state index contributed by atoms with van der Waals surface area (Å²) in [5.41, 5.74) is 2.40. The van der Waals surface area contributed by atoms with Gasteiger partial charge in [0.1, 0.15) is 6.17 Å². The molecule has 1 aliphatic carbocycles. The van der Waals surface area contributed by atoms with Crippen LogP contribution in [-0.4, -0.2) is 11.2 Å². The van der Waals surface area contributed by atoms with Gasteiger partial charge in [-0.2, -0.15) is 0 Å². The Balaban J connectivity index is 2.16. The van der Waals surface area contributed by atoms with E-state index in [0.29, 0.717) is 12.8 Å². The van der Waals surface area contributed by atoms with E-state index in [-0.39, 0.29) is 0 Å². The molecule has 0 fully saturated rings. The molecule has 0 amide bonds. The molecule has 2 heteroatoms. The van der Waals surface area contributed by atoms with Gasteiger partial charge in [-0.25, -0.2) is 4.39 Å². The van der Waals surface area contributed by atoms with Gasteiger partial charge in [-0.3, -0.25) is 0 Å². The second-order valence-electron chi connectivity index (χ2n) is 3.18. The molecule has 0 saturated carbocycles. The van der Waals surface area contributed by atoms with Gasteiger partial charge < -0.3 is 4.98 Å². The normalized spacial score (nSPS) is 23.8. The summed E-state index contributed by atoms with van der Waals surface area (Å²) in [6, 6.07) is 4.00. The van der Waals surface area contributed by atoms with Crippen LogP contribution in [-0.2, 0) is 0 Å². The number of aromatic nitrogens is 1. The largest absolute Gasteiger partial charge is 0.361 e. The molecule has 1 atom stereocenters. The summed E-state index contributed by atoms with van der Waals surface area (Å²) in [5.74, 6) is 0. The lowest BCUT2D eigenvalue weighted by molar-refractivity contribution is 0.314. The summed E-state index contributed by atoms with van der Waals surface area (Å²) in [4.78, 5) is 3.13. The molecular weight excluding hydrogens is 153 g/mol. The van der Waals surface area contributed by atoms with E-state index in [0.717, 1.165) is 12.1 Å². The van der Waals surface area contributed by atoms with Crippen LogP contribution in [0.3, 0.4) is 0 Å². The minimum atomic E-state index is -0.622. The molecule has 1 nitrogen and oxygen atoms in total. The van der Waals surface area contributed by atoms with E-state index in [1.165, 1.54) is 5.57 Å². The molecule has 1 aromatic rings. The van der Waals surface area contributed by atoms with Crippen molar-refractivity contribution in [2.75, 3.05) is 0 Å². The predicted molar refractivity (Wildman–Crippen MR) is 47.5 cm³/mol. The van der Waals surface area contributed by atoms with Gasteiger partial charge in [0.25, 0.3) is 0 Å². The monoisotopic (exact) mass is 165 g/mol. The van der Waals surface area contributed by atoms with E-state index in [9.17, 15) is 4.39 Å². The van der Waals surface area contributed by atoms with Crippen LogP contribution < -0.4 is 0 Å². The average molecular weight is 165 g/mol. The van der Waals surface area contributed by atoms with Crippen LogP contribution in [0, 0.1) is 0 Å². The standard InChI is InChI=1S/C10H12FN/c11-9-5-3-8(4-6-9)10-2-1-7-12-10/h1-3,7,9,12H,4-6H2. The van der Waals surface area contributed by atoms with Crippen molar-refractivity contribution in [3.8, 4) is 0 Å². The first-order chi connectivity index (χ1) is 5.86. The quantitative estimate of drug-likeness (QED) is 0.658. The first-order valence-electron chi connectivity index (χ1n) is 4.33. The van der Waals surface area contributed by atoms with Gasteiger partial charge in [0.05, 0.1) is 0 Å². The number of hydrogen-bond acceptors (Lipinski definition) is 0. The second-order valence-corrected chi connectivity index (χ2v) is 3.18. The van der Waals surface area contributed by atoms with Gasteiger partial charge in [-0.05, 0) is 37.0 Å². The lowest BCUT2D eigenvalue weighted by Gasteiger charge is -2.14. The van der Waals surface area contributed by atoms with Gasteiger partial charge in [0, 0.05) is 11.9 Å². The van der Waals surface area contributed by atoms with Crippen molar-refractivity contribution in [3.63, 3.8) is 0 Å². The fourth-order valence-electron chi connectivity index (χ4n) is 1.58. The van der Waals surface area contributed by atoms with Crippen LogP contribution >= 0.6 is 0 Å². The number of allylic oxidation sites excluding steroid dienone is 2. The molecular formula is C10H12FN. The van der Waals surface area contributed by atoms with Crippen LogP contribution in [0.25, 0.3) is 5.57 Å². The lowest BCUT2D eigenvalue weighted by atomic mass is 9.96. The van der Waals surface area contributed by atoms with Crippen molar-refractivity contribution in [3.05, 3.63) is 30.1 Å². The first-order valence-corrected chi connectivity index (χ1v) is 4.33. The van der Waals surface area contributed by atoms with Crippen LogP contribution in [0.5, 0.6) is 0 Å². The molecule has 1 heterocycles. The lowest BCUT2D eigenvalue weighted by Crippen LogP contribution is -2.04. The van der Waals surface area contributed by atoms with Crippen LogP contribution in [0.4, 0.5) is 4.39 Å². The topological polar surface area (TPSA) is 15.8 Å². The Morgan fingerprint density at radius 1 is 1.50 bits per heavy atom. The van der Waals surface area contributed by atoms with E-state index in [2.05, 4.69) is 4.98 Å². The van der Waals surface area contributed by atoms with E-state index in [1.54, 1.807) is 0 Å². The van der Waals surface area contributed by atoms with Crippen LogP contribution in [0.2, 0.25) is 0 Å².